The van der Waals surface area contributed by atoms with Crippen molar-refractivity contribution in [3.05, 3.63) is 5.82 Å². The molecule has 1 N–H and O–H groups in total. The zero-order chi connectivity index (χ0) is 12.3. The van der Waals surface area contributed by atoms with Crippen LogP contribution in [0.2, 0.25) is 0 Å². The Kier molecular flexibility index (Phi) is 3.84. The van der Waals surface area contributed by atoms with Gasteiger partial charge in [-0.1, -0.05) is 0 Å². The molecule has 1 aromatic heterocycles. The lowest BCUT2D eigenvalue weighted by atomic mass is 10.2. The normalized spacial score (nSPS) is 16.1. The molecule has 0 spiro atoms. The minimum atomic E-state index is -4.22. The van der Waals surface area contributed by atoms with E-state index in [1.807, 2.05) is 0 Å². The minimum absolute atomic E-state index is 0.189. The molecule has 8 heteroatoms. The van der Waals surface area contributed by atoms with Crippen LogP contribution in [-0.4, -0.2) is 33.4 Å². The van der Waals surface area contributed by atoms with E-state index in [1.165, 1.54) is 11.6 Å². The van der Waals surface area contributed by atoms with Crippen LogP contribution in [0.25, 0.3) is 0 Å². The first-order valence-corrected chi connectivity index (χ1v) is 4.87. The lowest BCUT2D eigenvalue weighted by molar-refractivity contribution is -0.142. The highest BCUT2D eigenvalue weighted by molar-refractivity contribution is 4.91. The van der Waals surface area contributed by atoms with Crippen LogP contribution in [0.3, 0.4) is 0 Å². The van der Waals surface area contributed by atoms with Gasteiger partial charge in [0.2, 0.25) is 0 Å². The van der Waals surface area contributed by atoms with Gasteiger partial charge in [0.15, 0.2) is 5.82 Å². The molecule has 92 valence electrons. The summed E-state index contributed by atoms with van der Waals surface area (Å²) in [6.07, 6.45) is -5.16. The van der Waals surface area contributed by atoms with Crippen molar-refractivity contribution < 1.29 is 13.2 Å². The van der Waals surface area contributed by atoms with Gasteiger partial charge in [0.05, 0.1) is 18.5 Å². The van der Waals surface area contributed by atoms with E-state index in [0.717, 1.165) is 0 Å². The van der Waals surface area contributed by atoms with Crippen LogP contribution in [0.4, 0.5) is 13.2 Å². The van der Waals surface area contributed by atoms with Crippen LogP contribution in [-0.2, 0) is 0 Å². The van der Waals surface area contributed by atoms with Crippen LogP contribution in [0, 0.1) is 0 Å². The van der Waals surface area contributed by atoms with Crippen LogP contribution in [0.15, 0.2) is 0 Å². The summed E-state index contributed by atoms with van der Waals surface area (Å²) < 4.78 is 37.8. The predicted octanol–water partition coefficient (Wildman–Crippen LogP) is 1.47. The van der Waals surface area contributed by atoms with Crippen molar-refractivity contribution in [1.82, 2.24) is 25.5 Å². The lowest BCUT2D eigenvalue weighted by Crippen LogP contribution is -2.23. The summed E-state index contributed by atoms with van der Waals surface area (Å²) in [5.74, 6) is 0.402. The van der Waals surface area contributed by atoms with E-state index in [2.05, 4.69) is 20.8 Å². The number of tetrazole rings is 1. The summed E-state index contributed by atoms with van der Waals surface area (Å²) in [6, 6.07) is -0.994. The van der Waals surface area contributed by atoms with Gasteiger partial charge in [0.1, 0.15) is 0 Å². The molecule has 0 bridgehead atoms. The van der Waals surface area contributed by atoms with Crippen molar-refractivity contribution in [2.75, 3.05) is 7.05 Å². The Hall–Kier alpha value is -1.18. The molecule has 1 rings (SSSR count). The van der Waals surface area contributed by atoms with Crippen molar-refractivity contribution >= 4 is 0 Å². The smallest absolute Gasteiger partial charge is 0.311 e. The van der Waals surface area contributed by atoms with Crippen LogP contribution in [0.1, 0.15) is 38.2 Å². The van der Waals surface area contributed by atoms with E-state index in [4.69, 9.17) is 0 Å². The molecule has 0 aliphatic rings. The maximum absolute atomic E-state index is 12.2. The number of alkyl halides is 3. The molecule has 2 atom stereocenters. The number of halogens is 3. The van der Waals surface area contributed by atoms with Gasteiger partial charge >= 0.3 is 6.18 Å². The molecular formula is C8H14F3N5. The molecule has 0 aliphatic carbocycles. The fourth-order valence-electron chi connectivity index (χ4n) is 1.35. The predicted molar refractivity (Wildman–Crippen MR) is 50.7 cm³/mol. The molecule has 0 fully saturated rings. The van der Waals surface area contributed by atoms with Gasteiger partial charge < -0.3 is 5.32 Å². The van der Waals surface area contributed by atoms with Crippen molar-refractivity contribution in [3.8, 4) is 0 Å². The van der Waals surface area contributed by atoms with Gasteiger partial charge in [-0.25, -0.2) is 4.68 Å². The van der Waals surface area contributed by atoms with Gasteiger partial charge in [-0.15, -0.1) is 5.10 Å². The first kappa shape index (κ1) is 12.9. The summed E-state index contributed by atoms with van der Waals surface area (Å²) in [4.78, 5) is 0. The van der Waals surface area contributed by atoms with Crippen LogP contribution < -0.4 is 5.32 Å². The second-order valence-electron chi connectivity index (χ2n) is 3.66. The van der Waals surface area contributed by atoms with Gasteiger partial charge in [-0.3, -0.25) is 0 Å². The third-order valence-electron chi connectivity index (χ3n) is 2.28. The second kappa shape index (κ2) is 4.77. The van der Waals surface area contributed by atoms with Gasteiger partial charge in [-0.05, 0) is 31.3 Å². The SMILES string of the molecule is CNC(C)c1nnnn1C(C)CC(F)(F)F. The van der Waals surface area contributed by atoms with Crippen LogP contribution in [0.5, 0.6) is 0 Å². The molecule has 0 aliphatic heterocycles. The second-order valence-corrected chi connectivity index (χ2v) is 3.66. The number of hydrogen-bond acceptors (Lipinski definition) is 4. The Balaban J connectivity index is 2.83. The van der Waals surface area contributed by atoms with Crippen LogP contribution >= 0.6 is 0 Å². The maximum atomic E-state index is 12.2. The number of nitrogens with one attached hydrogen (secondary N) is 1. The summed E-state index contributed by atoms with van der Waals surface area (Å²) in [7, 11) is 1.69. The summed E-state index contributed by atoms with van der Waals surface area (Å²) in [5.41, 5.74) is 0. The third-order valence-corrected chi connectivity index (χ3v) is 2.28. The lowest BCUT2D eigenvalue weighted by Gasteiger charge is -2.17. The monoisotopic (exact) mass is 237 g/mol. The van der Waals surface area contributed by atoms with E-state index >= 15 is 0 Å². The fraction of sp³-hybridized carbons (Fsp3) is 0.875. The molecule has 16 heavy (non-hydrogen) atoms. The zero-order valence-corrected chi connectivity index (χ0v) is 9.28. The Morgan fingerprint density at radius 2 is 2.00 bits per heavy atom. The summed E-state index contributed by atoms with van der Waals surface area (Å²) in [5, 5.41) is 13.6. The quantitative estimate of drug-likeness (QED) is 0.861. The van der Waals surface area contributed by atoms with E-state index in [0.29, 0.717) is 5.82 Å². The fourth-order valence-corrected chi connectivity index (χ4v) is 1.35. The van der Waals surface area contributed by atoms with E-state index in [9.17, 15) is 13.2 Å². The Bertz CT molecular complexity index is 335. The largest absolute Gasteiger partial charge is 0.391 e. The topological polar surface area (TPSA) is 55.6 Å². The maximum Gasteiger partial charge on any atom is 0.391 e. The van der Waals surface area contributed by atoms with Crippen molar-refractivity contribution in [2.24, 2.45) is 0 Å². The number of hydrogen-bond donors (Lipinski definition) is 1. The molecule has 2 unspecified atom stereocenters. The van der Waals surface area contributed by atoms with Crippen molar-refractivity contribution in [3.63, 3.8) is 0 Å². The minimum Gasteiger partial charge on any atom is -0.311 e. The van der Waals surface area contributed by atoms with E-state index in [-0.39, 0.29) is 6.04 Å². The molecule has 0 amide bonds. The number of rotatable bonds is 4. The standard InChI is InChI=1S/C8H14F3N5/c1-5(4-8(9,10)11)16-7(6(2)12-3)13-14-15-16/h5-6,12H,4H2,1-3H3. The number of nitrogens with zero attached hydrogens (tertiary/aromatic N) is 4. The molecule has 1 aromatic rings. The molecule has 0 aromatic carbocycles. The first-order chi connectivity index (χ1) is 7.35. The molecule has 0 saturated carbocycles. The average molecular weight is 237 g/mol. The highest BCUT2D eigenvalue weighted by Gasteiger charge is 2.32. The number of aromatic nitrogens is 4. The zero-order valence-electron chi connectivity index (χ0n) is 9.28. The molecular weight excluding hydrogens is 223 g/mol. The molecule has 0 saturated heterocycles. The van der Waals surface area contributed by atoms with Gasteiger partial charge in [0.25, 0.3) is 0 Å². The molecule has 1 heterocycles. The molecule has 5 nitrogen and oxygen atoms in total. The molecule has 0 radical (unpaired) electrons. The van der Waals surface area contributed by atoms with Crippen molar-refractivity contribution in [2.45, 2.75) is 38.5 Å². The Morgan fingerprint density at radius 3 is 2.50 bits per heavy atom. The first-order valence-electron chi connectivity index (χ1n) is 4.87. The Morgan fingerprint density at radius 1 is 1.38 bits per heavy atom. The summed E-state index contributed by atoms with van der Waals surface area (Å²) in [6.45, 7) is 3.22. The Labute approximate surface area is 91.0 Å². The van der Waals surface area contributed by atoms with Gasteiger partial charge in [0, 0.05) is 0 Å². The van der Waals surface area contributed by atoms with Crippen molar-refractivity contribution in [1.29, 1.82) is 0 Å². The third kappa shape index (κ3) is 3.16. The van der Waals surface area contributed by atoms with E-state index < -0.39 is 18.6 Å². The average Bonchev–Trinajstić information content (AvgIpc) is 2.62. The van der Waals surface area contributed by atoms with E-state index in [1.54, 1.807) is 14.0 Å². The highest BCUT2D eigenvalue weighted by Crippen LogP contribution is 2.27. The highest BCUT2D eigenvalue weighted by atomic mass is 19.4. The summed E-state index contributed by atoms with van der Waals surface area (Å²) >= 11 is 0. The van der Waals surface area contributed by atoms with Gasteiger partial charge in [-0.2, -0.15) is 13.2 Å².